The van der Waals surface area contributed by atoms with Gasteiger partial charge in [0.05, 0.1) is 12.8 Å². The van der Waals surface area contributed by atoms with Gasteiger partial charge in [-0.2, -0.15) is 0 Å². The number of amides is 1. The van der Waals surface area contributed by atoms with E-state index in [1.54, 1.807) is 12.1 Å². The number of aliphatic imine (C=N–C) groups is 1. The van der Waals surface area contributed by atoms with E-state index < -0.39 is 0 Å². The van der Waals surface area contributed by atoms with E-state index in [0.717, 1.165) is 30.3 Å². The van der Waals surface area contributed by atoms with Crippen LogP contribution in [0.5, 0.6) is 0 Å². The normalized spacial score (nSPS) is 15.0. The van der Waals surface area contributed by atoms with Gasteiger partial charge in [0.25, 0.3) is 5.91 Å². The van der Waals surface area contributed by atoms with Crippen LogP contribution in [0.4, 0.5) is 5.69 Å². The van der Waals surface area contributed by atoms with Crippen LogP contribution in [0.25, 0.3) is 0 Å². The quantitative estimate of drug-likeness (QED) is 0.256. The van der Waals surface area contributed by atoms with Crippen LogP contribution in [0.1, 0.15) is 56.2 Å². The Balaban J connectivity index is 0.00000363. The molecular formula is C24H36IN5O2. The zero-order valence-corrected chi connectivity index (χ0v) is 21.6. The molecular weight excluding hydrogens is 517 g/mol. The largest absolute Gasteiger partial charge is 0.459 e. The Bertz CT molecular complexity index is 844. The van der Waals surface area contributed by atoms with Gasteiger partial charge in [-0.1, -0.05) is 18.6 Å². The van der Waals surface area contributed by atoms with E-state index in [4.69, 9.17) is 9.41 Å². The second-order valence-corrected chi connectivity index (χ2v) is 8.54. The van der Waals surface area contributed by atoms with Crippen LogP contribution < -0.4 is 16.0 Å². The van der Waals surface area contributed by atoms with Gasteiger partial charge in [-0.05, 0) is 76.5 Å². The van der Waals surface area contributed by atoms with Gasteiger partial charge in [-0.25, -0.2) is 4.99 Å². The lowest BCUT2D eigenvalue weighted by molar-refractivity contribution is 0.0982. The zero-order chi connectivity index (χ0) is 22.1. The molecule has 32 heavy (non-hydrogen) atoms. The standard InChI is InChI=1S/C24H35N5O2.HI/c1-4-25-23(27-18-24(2,3)29-14-6-5-7-15-29)26-17-19-10-12-20(13-11-19)28-22(30)21-9-8-16-31-21;/h8-13,16H,4-7,14-15,17-18H2,1-3H3,(H,28,30)(H2,25,26,27);1H. The van der Waals surface area contributed by atoms with Crippen molar-refractivity contribution in [1.82, 2.24) is 15.5 Å². The first-order chi connectivity index (χ1) is 15.0. The fourth-order valence-electron chi connectivity index (χ4n) is 3.72. The minimum Gasteiger partial charge on any atom is -0.459 e. The Morgan fingerprint density at radius 3 is 2.44 bits per heavy atom. The number of likely N-dealkylation sites (tertiary alicyclic amines) is 1. The van der Waals surface area contributed by atoms with Gasteiger partial charge in [0, 0.05) is 24.3 Å². The van der Waals surface area contributed by atoms with Crippen molar-refractivity contribution in [2.45, 2.75) is 52.1 Å². The number of nitrogens with zero attached hydrogens (tertiary/aromatic N) is 2. The van der Waals surface area contributed by atoms with Crippen molar-refractivity contribution in [3.8, 4) is 0 Å². The molecule has 1 aromatic heterocycles. The molecule has 0 radical (unpaired) electrons. The van der Waals surface area contributed by atoms with Crippen LogP contribution in [0.3, 0.4) is 0 Å². The average molecular weight is 553 g/mol. The summed E-state index contributed by atoms with van der Waals surface area (Å²) in [6.07, 6.45) is 5.40. The molecule has 1 aliphatic rings. The molecule has 7 nitrogen and oxygen atoms in total. The average Bonchev–Trinajstić information content (AvgIpc) is 3.32. The Hall–Kier alpha value is -2.07. The summed E-state index contributed by atoms with van der Waals surface area (Å²) in [5.41, 5.74) is 1.88. The molecule has 0 spiro atoms. The van der Waals surface area contributed by atoms with Gasteiger partial charge < -0.3 is 20.4 Å². The number of hydrogen-bond donors (Lipinski definition) is 3. The third-order valence-corrected chi connectivity index (χ3v) is 5.62. The van der Waals surface area contributed by atoms with Crippen LogP contribution in [0, 0.1) is 0 Å². The van der Waals surface area contributed by atoms with Gasteiger partial charge in [-0.3, -0.25) is 9.69 Å². The van der Waals surface area contributed by atoms with Gasteiger partial charge >= 0.3 is 0 Å². The highest BCUT2D eigenvalue weighted by atomic mass is 127. The molecule has 0 saturated carbocycles. The van der Waals surface area contributed by atoms with E-state index in [1.807, 2.05) is 24.3 Å². The molecule has 0 bridgehead atoms. The summed E-state index contributed by atoms with van der Waals surface area (Å²) in [5, 5.41) is 9.67. The molecule has 0 atom stereocenters. The van der Waals surface area contributed by atoms with Crippen LogP contribution in [-0.4, -0.2) is 48.5 Å². The minimum atomic E-state index is -0.259. The van der Waals surface area contributed by atoms with Crippen molar-refractivity contribution in [3.05, 3.63) is 54.0 Å². The van der Waals surface area contributed by atoms with Crippen LogP contribution in [0.15, 0.2) is 52.1 Å². The lowest BCUT2D eigenvalue weighted by Gasteiger charge is -2.41. The number of piperidine rings is 1. The van der Waals surface area contributed by atoms with E-state index in [-0.39, 0.29) is 35.4 Å². The number of nitrogens with one attached hydrogen (secondary N) is 3. The molecule has 0 aliphatic carbocycles. The molecule has 176 valence electrons. The van der Waals surface area contributed by atoms with Gasteiger partial charge in [0.2, 0.25) is 0 Å². The van der Waals surface area contributed by atoms with Crippen molar-refractivity contribution < 1.29 is 9.21 Å². The summed E-state index contributed by atoms with van der Waals surface area (Å²) in [6.45, 7) is 11.2. The van der Waals surface area contributed by atoms with Crippen molar-refractivity contribution in [2.24, 2.45) is 4.99 Å². The Kier molecular flexibility index (Phi) is 10.5. The smallest absolute Gasteiger partial charge is 0.291 e. The van der Waals surface area contributed by atoms with Crippen LogP contribution in [0.2, 0.25) is 0 Å². The third-order valence-electron chi connectivity index (χ3n) is 5.62. The van der Waals surface area contributed by atoms with Gasteiger partial charge in [-0.15, -0.1) is 24.0 Å². The third kappa shape index (κ3) is 7.81. The highest BCUT2D eigenvalue weighted by molar-refractivity contribution is 14.0. The Morgan fingerprint density at radius 1 is 1.09 bits per heavy atom. The second-order valence-electron chi connectivity index (χ2n) is 8.54. The predicted molar refractivity (Wildman–Crippen MR) is 141 cm³/mol. The molecule has 1 aliphatic heterocycles. The van der Waals surface area contributed by atoms with Crippen molar-refractivity contribution in [2.75, 3.05) is 31.5 Å². The molecule has 1 aromatic carbocycles. The lowest BCUT2D eigenvalue weighted by Crippen LogP contribution is -2.54. The monoisotopic (exact) mass is 553 g/mol. The number of furan rings is 1. The highest BCUT2D eigenvalue weighted by Crippen LogP contribution is 2.19. The van der Waals surface area contributed by atoms with E-state index in [1.165, 1.54) is 38.6 Å². The fraction of sp³-hybridized carbons (Fsp3) is 0.500. The number of rotatable bonds is 8. The molecule has 3 rings (SSSR count). The Labute approximate surface area is 208 Å². The molecule has 2 heterocycles. The van der Waals surface area contributed by atoms with Gasteiger partial charge in [0.15, 0.2) is 11.7 Å². The maximum atomic E-state index is 12.1. The number of benzene rings is 1. The maximum Gasteiger partial charge on any atom is 0.291 e. The van der Waals surface area contributed by atoms with Crippen LogP contribution in [-0.2, 0) is 6.54 Å². The van der Waals surface area contributed by atoms with E-state index in [0.29, 0.717) is 12.3 Å². The summed E-state index contributed by atoms with van der Waals surface area (Å²) in [4.78, 5) is 19.4. The number of guanidine groups is 1. The number of carbonyl (C=O) groups excluding carboxylic acids is 1. The summed E-state index contributed by atoms with van der Waals surface area (Å²) in [5.74, 6) is 0.857. The van der Waals surface area contributed by atoms with Crippen LogP contribution >= 0.6 is 24.0 Å². The number of halogens is 1. The van der Waals surface area contributed by atoms with Crippen molar-refractivity contribution in [1.29, 1.82) is 0 Å². The van der Waals surface area contributed by atoms with Crippen molar-refractivity contribution in [3.63, 3.8) is 0 Å². The fourth-order valence-corrected chi connectivity index (χ4v) is 3.72. The zero-order valence-electron chi connectivity index (χ0n) is 19.3. The Morgan fingerprint density at radius 2 is 1.81 bits per heavy atom. The topological polar surface area (TPSA) is 81.9 Å². The first-order valence-electron chi connectivity index (χ1n) is 11.2. The first-order valence-corrected chi connectivity index (χ1v) is 11.2. The summed E-state index contributed by atoms with van der Waals surface area (Å²) in [6, 6.07) is 11.0. The predicted octanol–water partition coefficient (Wildman–Crippen LogP) is 4.47. The molecule has 1 saturated heterocycles. The molecule has 1 amide bonds. The van der Waals surface area contributed by atoms with E-state index in [2.05, 4.69) is 41.6 Å². The van der Waals surface area contributed by atoms with E-state index >= 15 is 0 Å². The molecule has 1 fully saturated rings. The molecule has 8 heteroatoms. The molecule has 0 unspecified atom stereocenters. The SMILES string of the molecule is CCNC(=NCc1ccc(NC(=O)c2ccco2)cc1)NCC(C)(C)N1CCCCC1.I. The highest BCUT2D eigenvalue weighted by Gasteiger charge is 2.27. The van der Waals surface area contributed by atoms with Gasteiger partial charge in [0.1, 0.15) is 0 Å². The minimum absolute atomic E-state index is 0. The molecule has 3 N–H and O–H groups in total. The molecule has 2 aromatic rings. The maximum absolute atomic E-state index is 12.1. The number of hydrogen-bond acceptors (Lipinski definition) is 4. The lowest BCUT2D eigenvalue weighted by atomic mass is 9.98. The van der Waals surface area contributed by atoms with E-state index in [9.17, 15) is 4.79 Å². The summed E-state index contributed by atoms with van der Waals surface area (Å²) in [7, 11) is 0. The first kappa shape index (κ1) is 26.2. The summed E-state index contributed by atoms with van der Waals surface area (Å²) >= 11 is 0. The summed E-state index contributed by atoms with van der Waals surface area (Å²) < 4.78 is 5.12. The van der Waals surface area contributed by atoms with Crippen molar-refractivity contribution >= 4 is 41.5 Å². The second kappa shape index (κ2) is 12.8. The number of anilines is 1. The number of carbonyl (C=O) groups is 1.